The third-order valence-electron chi connectivity index (χ3n) is 4.50. The summed E-state index contributed by atoms with van der Waals surface area (Å²) in [5.41, 5.74) is 1.21. The molecule has 0 saturated carbocycles. The summed E-state index contributed by atoms with van der Waals surface area (Å²) >= 11 is 0. The van der Waals surface area contributed by atoms with E-state index in [1.54, 1.807) is 31.2 Å². The first-order chi connectivity index (χ1) is 11.4. The number of hydrogen-bond donors (Lipinski definition) is 0. The van der Waals surface area contributed by atoms with Gasteiger partial charge < -0.3 is 9.47 Å². The molecule has 2 aliphatic heterocycles. The van der Waals surface area contributed by atoms with Crippen molar-refractivity contribution in [2.75, 3.05) is 11.5 Å². The van der Waals surface area contributed by atoms with Crippen LogP contribution in [0.1, 0.15) is 31.1 Å². The molecule has 0 spiro atoms. The molecule has 0 N–H and O–H groups in total. The lowest BCUT2D eigenvalue weighted by Gasteiger charge is -2.40. The van der Waals surface area contributed by atoms with Gasteiger partial charge in [0, 0.05) is 17.6 Å². The summed E-state index contributed by atoms with van der Waals surface area (Å²) in [6, 6.07) is 6.24. The van der Waals surface area contributed by atoms with Gasteiger partial charge in [-0.15, -0.1) is 0 Å². The van der Waals surface area contributed by atoms with Crippen molar-refractivity contribution in [3.05, 3.63) is 41.5 Å². The number of carbonyl (C=O) groups excluding carboxylic acids is 3. The van der Waals surface area contributed by atoms with E-state index in [4.69, 9.17) is 9.47 Å². The van der Waals surface area contributed by atoms with Crippen LogP contribution < -0.4 is 4.90 Å². The molecule has 1 fully saturated rings. The van der Waals surface area contributed by atoms with Gasteiger partial charge in [-0.3, -0.25) is 9.59 Å². The highest BCUT2D eigenvalue weighted by Crippen LogP contribution is 2.28. The summed E-state index contributed by atoms with van der Waals surface area (Å²) in [5.74, 6) is -0.938. The molecule has 3 rings (SSSR count). The second kappa shape index (κ2) is 6.20. The number of ether oxygens (including phenoxy) is 2. The van der Waals surface area contributed by atoms with Crippen molar-refractivity contribution in [3.8, 4) is 0 Å². The second-order valence-electron chi connectivity index (χ2n) is 6.16. The van der Waals surface area contributed by atoms with Crippen LogP contribution in [-0.4, -0.2) is 36.6 Å². The summed E-state index contributed by atoms with van der Waals surface area (Å²) < 4.78 is 10.7. The molecule has 0 radical (unpaired) electrons. The molecule has 1 aromatic carbocycles. The summed E-state index contributed by atoms with van der Waals surface area (Å²) in [4.78, 5) is 36.9. The molecule has 0 aliphatic carbocycles. The topological polar surface area (TPSA) is 72.9 Å². The maximum atomic E-state index is 12.1. The normalized spacial score (nSPS) is 26.2. The van der Waals surface area contributed by atoms with Crippen molar-refractivity contribution in [1.29, 1.82) is 0 Å². The minimum Gasteiger partial charge on any atom is -0.462 e. The highest BCUT2D eigenvalue weighted by Gasteiger charge is 2.37. The lowest BCUT2D eigenvalue weighted by Crippen LogP contribution is -2.48. The quantitative estimate of drug-likeness (QED) is 0.625. The van der Waals surface area contributed by atoms with E-state index in [1.807, 2.05) is 13.8 Å². The molecular formula is C18H19NO5. The standard InChI is InChI=1S/C18H19NO5/c1-10-8-16(20)19(17(10)21)14-6-4-13(5-7-14)18(22)23-9-15-11(2)24-12(15)3/h4-8,11-12,15H,9H2,1-3H3. The van der Waals surface area contributed by atoms with Crippen LogP contribution in [0.15, 0.2) is 35.9 Å². The molecule has 0 aromatic heterocycles. The SMILES string of the molecule is CC1=CC(=O)N(c2ccc(C(=O)OCC3C(C)OC3C)cc2)C1=O. The average molecular weight is 329 g/mol. The van der Waals surface area contributed by atoms with Crippen LogP contribution in [0.2, 0.25) is 0 Å². The van der Waals surface area contributed by atoms with Gasteiger partial charge in [0.15, 0.2) is 0 Å². The summed E-state index contributed by atoms with van der Waals surface area (Å²) in [6.07, 6.45) is 1.49. The van der Waals surface area contributed by atoms with E-state index in [0.717, 1.165) is 4.90 Å². The van der Waals surface area contributed by atoms with Crippen LogP contribution in [0.5, 0.6) is 0 Å². The van der Waals surface area contributed by atoms with Gasteiger partial charge in [0.2, 0.25) is 0 Å². The van der Waals surface area contributed by atoms with Gasteiger partial charge >= 0.3 is 5.97 Å². The number of carbonyl (C=O) groups is 3. The Morgan fingerprint density at radius 1 is 1.17 bits per heavy atom. The van der Waals surface area contributed by atoms with Crippen molar-refractivity contribution in [2.24, 2.45) is 5.92 Å². The van der Waals surface area contributed by atoms with Gasteiger partial charge in [-0.2, -0.15) is 0 Å². The molecule has 126 valence electrons. The Balaban J connectivity index is 1.63. The van der Waals surface area contributed by atoms with E-state index in [1.165, 1.54) is 6.08 Å². The van der Waals surface area contributed by atoms with Crippen molar-refractivity contribution in [2.45, 2.75) is 33.0 Å². The molecule has 0 bridgehead atoms. The smallest absolute Gasteiger partial charge is 0.338 e. The maximum absolute atomic E-state index is 12.1. The van der Waals surface area contributed by atoms with E-state index in [-0.39, 0.29) is 29.9 Å². The fourth-order valence-electron chi connectivity index (χ4n) is 2.94. The summed E-state index contributed by atoms with van der Waals surface area (Å²) in [5, 5.41) is 0. The Labute approximate surface area is 140 Å². The molecule has 2 amide bonds. The highest BCUT2D eigenvalue weighted by molar-refractivity contribution is 6.30. The third-order valence-corrected chi connectivity index (χ3v) is 4.50. The van der Waals surface area contributed by atoms with Crippen molar-refractivity contribution in [3.63, 3.8) is 0 Å². The number of rotatable bonds is 4. The van der Waals surface area contributed by atoms with Gasteiger partial charge in [-0.1, -0.05) is 0 Å². The van der Waals surface area contributed by atoms with Crippen LogP contribution in [0.4, 0.5) is 5.69 Å². The fourth-order valence-corrected chi connectivity index (χ4v) is 2.94. The molecular weight excluding hydrogens is 310 g/mol. The van der Waals surface area contributed by atoms with Crippen molar-refractivity contribution in [1.82, 2.24) is 0 Å². The average Bonchev–Trinajstić information content (AvgIpc) is 2.80. The van der Waals surface area contributed by atoms with Gasteiger partial charge in [0.1, 0.15) is 0 Å². The number of anilines is 1. The number of esters is 1. The van der Waals surface area contributed by atoms with Crippen molar-refractivity contribution < 1.29 is 23.9 Å². The van der Waals surface area contributed by atoms with E-state index in [9.17, 15) is 14.4 Å². The minimum absolute atomic E-state index is 0.0955. The van der Waals surface area contributed by atoms with E-state index in [0.29, 0.717) is 23.4 Å². The van der Waals surface area contributed by atoms with E-state index < -0.39 is 5.97 Å². The predicted octanol–water partition coefficient (Wildman–Crippen LogP) is 2.09. The first-order valence-electron chi connectivity index (χ1n) is 7.88. The molecule has 1 saturated heterocycles. The van der Waals surface area contributed by atoms with Crippen LogP contribution >= 0.6 is 0 Å². The van der Waals surface area contributed by atoms with Crippen LogP contribution in [-0.2, 0) is 19.1 Å². The zero-order chi connectivity index (χ0) is 17.4. The summed E-state index contributed by atoms with van der Waals surface area (Å²) in [6.45, 7) is 5.81. The molecule has 2 aliphatic rings. The number of amides is 2. The second-order valence-corrected chi connectivity index (χ2v) is 6.16. The Morgan fingerprint density at radius 2 is 1.79 bits per heavy atom. The van der Waals surface area contributed by atoms with E-state index >= 15 is 0 Å². The minimum atomic E-state index is -0.429. The summed E-state index contributed by atoms with van der Waals surface area (Å²) in [7, 11) is 0. The molecule has 1 aromatic rings. The Kier molecular flexibility index (Phi) is 4.24. The monoisotopic (exact) mass is 329 g/mol. The largest absolute Gasteiger partial charge is 0.462 e. The zero-order valence-electron chi connectivity index (χ0n) is 13.8. The molecule has 24 heavy (non-hydrogen) atoms. The van der Waals surface area contributed by atoms with Crippen LogP contribution in [0.3, 0.4) is 0 Å². The predicted molar refractivity (Wildman–Crippen MR) is 86.5 cm³/mol. The lowest BCUT2D eigenvalue weighted by atomic mass is 9.92. The Hall–Kier alpha value is -2.47. The fraction of sp³-hybridized carbons (Fsp3) is 0.389. The van der Waals surface area contributed by atoms with Gasteiger partial charge in [-0.25, -0.2) is 9.69 Å². The maximum Gasteiger partial charge on any atom is 0.338 e. The van der Waals surface area contributed by atoms with Gasteiger partial charge in [-0.05, 0) is 45.0 Å². The molecule has 2 heterocycles. The zero-order valence-corrected chi connectivity index (χ0v) is 13.8. The van der Waals surface area contributed by atoms with Crippen LogP contribution in [0.25, 0.3) is 0 Å². The first kappa shape index (κ1) is 16.4. The number of imide groups is 1. The lowest BCUT2D eigenvalue weighted by molar-refractivity contribution is -0.178. The number of benzene rings is 1. The molecule has 6 nitrogen and oxygen atoms in total. The van der Waals surface area contributed by atoms with Crippen LogP contribution in [0, 0.1) is 5.92 Å². The highest BCUT2D eigenvalue weighted by atomic mass is 16.6. The molecule has 6 heteroatoms. The Bertz CT molecular complexity index is 713. The first-order valence-corrected chi connectivity index (χ1v) is 7.88. The number of hydrogen-bond acceptors (Lipinski definition) is 5. The third kappa shape index (κ3) is 2.85. The molecule has 2 unspecified atom stereocenters. The van der Waals surface area contributed by atoms with Gasteiger partial charge in [0.25, 0.3) is 11.8 Å². The van der Waals surface area contributed by atoms with Crippen molar-refractivity contribution >= 4 is 23.5 Å². The molecule has 2 atom stereocenters. The van der Waals surface area contributed by atoms with E-state index in [2.05, 4.69) is 0 Å². The van der Waals surface area contributed by atoms with Gasteiger partial charge in [0.05, 0.1) is 30.1 Å². The number of nitrogens with zero attached hydrogens (tertiary/aromatic N) is 1. The Morgan fingerprint density at radius 3 is 2.29 bits per heavy atom.